The maximum atomic E-state index is 11.8. The molecule has 4 heteroatoms. The molecular formula is C14H21O3P. The molecule has 0 heterocycles. The molecule has 0 bridgehead atoms. The lowest BCUT2D eigenvalue weighted by Gasteiger charge is -2.14. The topological polar surface area (TPSA) is 57.5 Å². The SMILES string of the molecule is CC=CC(O)P(=O)(O)CCCCc1ccccc1. The molecule has 1 rings (SSSR count). The van der Waals surface area contributed by atoms with Crippen molar-refractivity contribution in [3.8, 4) is 0 Å². The number of benzene rings is 1. The van der Waals surface area contributed by atoms with Gasteiger partial charge in [-0.25, -0.2) is 0 Å². The molecule has 0 saturated carbocycles. The van der Waals surface area contributed by atoms with Gasteiger partial charge in [0.25, 0.3) is 0 Å². The Morgan fingerprint density at radius 3 is 2.56 bits per heavy atom. The third kappa shape index (κ3) is 5.18. The molecule has 0 saturated heterocycles. The van der Waals surface area contributed by atoms with Crippen molar-refractivity contribution in [2.24, 2.45) is 0 Å². The van der Waals surface area contributed by atoms with E-state index < -0.39 is 13.2 Å². The number of aryl methyl sites for hydroxylation is 1. The molecule has 0 spiro atoms. The van der Waals surface area contributed by atoms with Crippen LogP contribution in [0, 0.1) is 0 Å². The van der Waals surface area contributed by atoms with E-state index in [2.05, 4.69) is 0 Å². The van der Waals surface area contributed by atoms with E-state index in [4.69, 9.17) is 0 Å². The van der Waals surface area contributed by atoms with Gasteiger partial charge in [-0.3, -0.25) is 4.57 Å². The molecule has 0 radical (unpaired) electrons. The van der Waals surface area contributed by atoms with Gasteiger partial charge >= 0.3 is 0 Å². The van der Waals surface area contributed by atoms with Crippen LogP contribution in [-0.2, 0) is 11.0 Å². The third-order valence-electron chi connectivity index (χ3n) is 2.81. The fourth-order valence-corrected chi connectivity index (χ4v) is 3.13. The van der Waals surface area contributed by atoms with Gasteiger partial charge in [-0.2, -0.15) is 0 Å². The average molecular weight is 268 g/mol. The van der Waals surface area contributed by atoms with Gasteiger partial charge in [0.15, 0.2) is 0 Å². The first-order valence-electron chi connectivity index (χ1n) is 6.22. The van der Waals surface area contributed by atoms with Crippen molar-refractivity contribution < 1.29 is 14.6 Å². The maximum absolute atomic E-state index is 11.8. The molecule has 0 aromatic heterocycles. The van der Waals surface area contributed by atoms with Crippen molar-refractivity contribution in [3.05, 3.63) is 48.0 Å². The number of unbranched alkanes of at least 4 members (excludes halogenated alkanes) is 1. The summed E-state index contributed by atoms with van der Waals surface area (Å²) < 4.78 is 11.8. The summed E-state index contributed by atoms with van der Waals surface area (Å²) in [6.45, 7) is 1.72. The molecule has 2 N–H and O–H groups in total. The molecular weight excluding hydrogens is 247 g/mol. The second-order valence-corrected chi connectivity index (χ2v) is 6.85. The van der Waals surface area contributed by atoms with Crippen molar-refractivity contribution in [2.45, 2.75) is 32.0 Å². The van der Waals surface area contributed by atoms with Crippen LogP contribution in [0.2, 0.25) is 0 Å². The Labute approximate surface area is 109 Å². The fourth-order valence-electron chi connectivity index (χ4n) is 1.75. The molecule has 0 aliphatic rings. The first-order chi connectivity index (χ1) is 8.56. The van der Waals surface area contributed by atoms with Crippen LogP contribution >= 0.6 is 7.37 Å². The quantitative estimate of drug-likeness (QED) is 0.453. The van der Waals surface area contributed by atoms with Crippen LogP contribution in [0.25, 0.3) is 0 Å². The number of hydrogen-bond donors (Lipinski definition) is 2. The molecule has 18 heavy (non-hydrogen) atoms. The molecule has 100 valence electrons. The summed E-state index contributed by atoms with van der Waals surface area (Å²) in [5.41, 5.74) is 1.24. The molecule has 0 amide bonds. The molecule has 2 unspecified atom stereocenters. The summed E-state index contributed by atoms with van der Waals surface area (Å²) in [5.74, 6) is -1.22. The summed E-state index contributed by atoms with van der Waals surface area (Å²) in [5, 5.41) is 9.49. The Kier molecular flexibility index (Phi) is 6.34. The van der Waals surface area contributed by atoms with Crippen LogP contribution in [0.1, 0.15) is 25.3 Å². The highest BCUT2D eigenvalue weighted by Crippen LogP contribution is 2.46. The van der Waals surface area contributed by atoms with Crippen molar-refractivity contribution in [1.29, 1.82) is 0 Å². The minimum Gasteiger partial charge on any atom is -0.379 e. The van der Waals surface area contributed by atoms with Gasteiger partial charge in [-0.15, -0.1) is 0 Å². The van der Waals surface area contributed by atoms with Gasteiger partial charge in [0.05, 0.1) is 0 Å². The van der Waals surface area contributed by atoms with Crippen molar-refractivity contribution >= 4 is 7.37 Å². The molecule has 3 nitrogen and oxygen atoms in total. The Balaban J connectivity index is 2.31. The van der Waals surface area contributed by atoms with Crippen LogP contribution < -0.4 is 0 Å². The maximum Gasteiger partial charge on any atom is 0.232 e. The number of aliphatic hydroxyl groups is 1. The molecule has 1 aromatic carbocycles. The first-order valence-corrected chi connectivity index (χ1v) is 8.14. The van der Waals surface area contributed by atoms with Crippen molar-refractivity contribution in [3.63, 3.8) is 0 Å². The highest BCUT2D eigenvalue weighted by molar-refractivity contribution is 7.58. The minimum absolute atomic E-state index is 0.172. The Morgan fingerprint density at radius 2 is 1.94 bits per heavy atom. The van der Waals surface area contributed by atoms with E-state index >= 15 is 0 Å². The van der Waals surface area contributed by atoms with Crippen LogP contribution in [-0.4, -0.2) is 22.0 Å². The molecule has 1 aromatic rings. The van der Waals surface area contributed by atoms with Gasteiger partial charge < -0.3 is 10.00 Å². The van der Waals surface area contributed by atoms with E-state index in [1.54, 1.807) is 13.0 Å². The minimum atomic E-state index is -3.45. The van der Waals surface area contributed by atoms with Crippen LogP contribution in [0.4, 0.5) is 0 Å². The van der Waals surface area contributed by atoms with Gasteiger partial charge in [-0.1, -0.05) is 42.5 Å². The van der Waals surface area contributed by atoms with Crippen molar-refractivity contribution in [1.82, 2.24) is 0 Å². The average Bonchev–Trinajstić information content (AvgIpc) is 2.36. The zero-order valence-corrected chi connectivity index (χ0v) is 11.6. The van der Waals surface area contributed by atoms with E-state index in [9.17, 15) is 14.6 Å². The van der Waals surface area contributed by atoms with Crippen LogP contribution in [0.5, 0.6) is 0 Å². The number of hydrogen-bond acceptors (Lipinski definition) is 2. The smallest absolute Gasteiger partial charge is 0.232 e. The van der Waals surface area contributed by atoms with E-state index in [0.717, 1.165) is 12.8 Å². The summed E-state index contributed by atoms with van der Waals surface area (Å²) in [4.78, 5) is 9.67. The largest absolute Gasteiger partial charge is 0.379 e. The summed E-state index contributed by atoms with van der Waals surface area (Å²) in [7, 11) is -3.45. The summed E-state index contributed by atoms with van der Waals surface area (Å²) in [6.07, 6.45) is 5.55. The summed E-state index contributed by atoms with van der Waals surface area (Å²) >= 11 is 0. The number of aliphatic hydroxyl groups excluding tert-OH is 1. The highest BCUT2D eigenvalue weighted by Gasteiger charge is 2.25. The molecule has 2 atom stereocenters. The van der Waals surface area contributed by atoms with E-state index in [-0.39, 0.29) is 6.16 Å². The van der Waals surface area contributed by atoms with E-state index in [0.29, 0.717) is 6.42 Å². The second kappa shape index (κ2) is 7.52. The third-order valence-corrected chi connectivity index (χ3v) is 4.77. The second-order valence-electron chi connectivity index (χ2n) is 4.36. The standard InChI is InChI=1S/C14H21O3P/c1-2-8-14(15)18(16,17)12-7-6-11-13-9-4-3-5-10-13/h2-5,8-10,14-15H,6-7,11-12H2,1H3,(H,16,17). The van der Waals surface area contributed by atoms with Gasteiger partial charge in [0.2, 0.25) is 7.37 Å². The lowest BCUT2D eigenvalue weighted by Crippen LogP contribution is -2.06. The van der Waals surface area contributed by atoms with Gasteiger partial charge in [-0.05, 0) is 31.7 Å². The number of rotatable bonds is 7. The fraction of sp³-hybridized carbons (Fsp3) is 0.429. The van der Waals surface area contributed by atoms with Crippen LogP contribution in [0.15, 0.2) is 42.5 Å². The zero-order chi connectivity index (χ0) is 13.4. The van der Waals surface area contributed by atoms with E-state index in [1.807, 2.05) is 30.3 Å². The Hall–Kier alpha value is -0.890. The normalized spacial score (nSPS) is 16.6. The predicted octanol–water partition coefficient (Wildman–Crippen LogP) is 3.17. The lowest BCUT2D eigenvalue weighted by molar-refractivity contribution is 0.272. The van der Waals surface area contributed by atoms with Gasteiger partial charge in [0, 0.05) is 6.16 Å². The first kappa shape index (κ1) is 15.2. The number of allylic oxidation sites excluding steroid dienone is 1. The predicted molar refractivity (Wildman–Crippen MR) is 74.9 cm³/mol. The van der Waals surface area contributed by atoms with Crippen LogP contribution in [0.3, 0.4) is 0 Å². The zero-order valence-electron chi connectivity index (χ0n) is 10.7. The lowest BCUT2D eigenvalue weighted by atomic mass is 10.1. The van der Waals surface area contributed by atoms with Crippen molar-refractivity contribution in [2.75, 3.05) is 6.16 Å². The summed E-state index contributed by atoms with van der Waals surface area (Å²) in [6, 6.07) is 10.0. The monoisotopic (exact) mass is 268 g/mol. The van der Waals surface area contributed by atoms with E-state index in [1.165, 1.54) is 11.6 Å². The molecule has 0 aliphatic heterocycles. The molecule has 0 fully saturated rings. The Bertz CT molecular complexity index is 414. The Morgan fingerprint density at radius 1 is 1.28 bits per heavy atom. The van der Waals surface area contributed by atoms with Gasteiger partial charge in [0.1, 0.15) is 5.85 Å². The highest BCUT2D eigenvalue weighted by atomic mass is 31.2. The molecule has 0 aliphatic carbocycles.